The number of hydrogen-bond acceptors (Lipinski definition) is 2. The van der Waals surface area contributed by atoms with Gasteiger partial charge in [-0.1, -0.05) is 44.2 Å². The zero-order valence-corrected chi connectivity index (χ0v) is 12.8. The Labute approximate surface area is 125 Å². The second kappa shape index (κ2) is 4.83. The normalized spacial score (nSPS) is 25.5. The van der Waals surface area contributed by atoms with E-state index in [1.165, 1.54) is 0 Å². The van der Waals surface area contributed by atoms with Crippen molar-refractivity contribution in [3.05, 3.63) is 47.2 Å². The highest BCUT2D eigenvalue weighted by molar-refractivity contribution is 5.97. The lowest BCUT2D eigenvalue weighted by molar-refractivity contribution is -0.119. The van der Waals surface area contributed by atoms with E-state index in [-0.39, 0.29) is 17.1 Å². The molecule has 3 nitrogen and oxygen atoms in total. The van der Waals surface area contributed by atoms with Crippen LogP contribution in [0, 0.1) is 17.3 Å². The van der Waals surface area contributed by atoms with E-state index in [4.69, 9.17) is 0 Å². The van der Waals surface area contributed by atoms with E-state index < -0.39 is 0 Å². The smallest absolute Gasteiger partial charge is 0.228 e. The van der Waals surface area contributed by atoms with Crippen molar-refractivity contribution in [2.45, 2.75) is 33.6 Å². The van der Waals surface area contributed by atoms with E-state index in [1.807, 2.05) is 30.3 Å². The molecule has 0 heterocycles. The molecule has 1 aromatic rings. The van der Waals surface area contributed by atoms with Crippen LogP contribution in [0.25, 0.3) is 0 Å². The number of allylic oxidation sites excluding steroid dienone is 2. The fraction of sp³-hybridized carbons (Fsp3) is 0.444. The number of amides is 1. The highest BCUT2D eigenvalue weighted by Crippen LogP contribution is 2.68. The predicted octanol–water partition coefficient (Wildman–Crippen LogP) is 2.86. The van der Waals surface area contributed by atoms with Crippen molar-refractivity contribution >= 4 is 11.7 Å². The van der Waals surface area contributed by atoms with Gasteiger partial charge in [0.2, 0.25) is 5.91 Å². The summed E-state index contributed by atoms with van der Waals surface area (Å²) in [6, 6.07) is 9.67. The van der Waals surface area contributed by atoms with Crippen LogP contribution in [-0.4, -0.2) is 11.7 Å². The summed E-state index contributed by atoms with van der Waals surface area (Å²) in [5, 5.41) is 2.98. The quantitative estimate of drug-likeness (QED) is 0.923. The molecule has 1 aromatic carbocycles. The van der Waals surface area contributed by atoms with Gasteiger partial charge in [-0.15, -0.1) is 0 Å². The summed E-state index contributed by atoms with van der Waals surface area (Å²) in [5.74, 6) is 0.919. The first-order valence-electron chi connectivity index (χ1n) is 7.49. The minimum Gasteiger partial charge on any atom is -0.329 e. The summed E-state index contributed by atoms with van der Waals surface area (Å²) in [7, 11) is 0. The molecular formula is C18H21NO2. The lowest BCUT2D eigenvalue weighted by Gasteiger charge is -2.15. The van der Waals surface area contributed by atoms with Gasteiger partial charge >= 0.3 is 0 Å². The Bertz CT molecular complexity index is 628. The lowest BCUT2D eigenvalue weighted by atomic mass is 9.96. The van der Waals surface area contributed by atoms with Crippen molar-refractivity contribution in [3.8, 4) is 0 Å². The highest BCUT2D eigenvalue weighted by atomic mass is 16.1. The number of Topliss-reactive ketones (excluding diaryl/α,β-unsaturated/α-hetero) is 1. The molecule has 0 spiro atoms. The average molecular weight is 283 g/mol. The molecule has 110 valence electrons. The van der Waals surface area contributed by atoms with E-state index in [9.17, 15) is 9.59 Å². The van der Waals surface area contributed by atoms with Gasteiger partial charge in [-0.2, -0.15) is 0 Å². The molecule has 3 heteroatoms. The number of fused-ring (bicyclic) bond motifs is 1. The number of carbonyl (C=O) groups is 2. The van der Waals surface area contributed by atoms with Gasteiger partial charge in [0, 0.05) is 11.3 Å². The summed E-state index contributed by atoms with van der Waals surface area (Å²) in [4.78, 5) is 24.1. The SMILES string of the molecule is CC(=O)C1=C(NC(=O)Cc2ccccc2)C[C@H]2[C@H]1C2(C)C. The highest BCUT2D eigenvalue weighted by Gasteiger charge is 2.63. The zero-order valence-electron chi connectivity index (χ0n) is 12.8. The zero-order chi connectivity index (χ0) is 15.2. The van der Waals surface area contributed by atoms with Crippen molar-refractivity contribution in [3.63, 3.8) is 0 Å². The number of ketones is 1. The second-order valence-corrected chi connectivity index (χ2v) is 6.77. The number of carbonyl (C=O) groups excluding carboxylic acids is 2. The summed E-state index contributed by atoms with van der Waals surface area (Å²) >= 11 is 0. The van der Waals surface area contributed by atoms with Gasteiger partial charge in [0.25, 0.3) is 0 Å². The fourth-order valence-electron chi connectivity index (χ4n) is 3.76. The standard InChI is InChI=1S/C18H21NO2/c1-11(20)16-14(10-13-17(16)18(13,2)3)19-15(21)9-12-7-5-4-6-8-12/h4-8,13,17H,9-10H2,1-3H3,(H,19,21)/t13-,17+/m0/s1. The van der Waals surface area contributed by atoms with E-state index in [2.05, 4.69) is 19.2 Å². The third kappa shape index (κ3) is 2.41. The predicted molar refractivity (Wildman–Crippen MR) is 81.4 cm³/mol. The van der Waals surface area contributed by atoms with Crippen LogP contribution in [0.5, 0.6) is 0 Å². The number of benzene rings is 1. The Morgan fingerprint density at radius 2 is 1.90 bits per heavy atom. The first-order chi connectivity index (χ1) is 9.91. The Hall–Kier alpha value is -1.90. The van der Waals surface area contributed by atoms with Crippen molar-refractivity contribution in [2.75, 3.05) is 0 Å². The van der Waals surface area contributed by atoms with E-state index >= 15 is 0 Å². The first-order valence-corrected chi connectivity index (χ1v) is 7.49. The molecule has 1 saturated carbocycles. The number of rotatable bonds is 4. The van der Waals surface area contributed by atoms with Crippen LogP contribution in [0.2, 0.25) is 0 Å². The van der Waals surface area contributed by atoms with Crippen LogP contribution in [0.3, 0.4) is 0 Å². The van der Waals surface area contributed by atoms with Gasteiger partial charge in [0.1, 0.15) is 0 Å². The maximum atomic E-state index is 12.2. The molecule has 21 heavy (non-hydrogen) atoms. The minimum absolute atomic E-state index is 0.0333. The first kappa shape index (κ1) is 14.1. The Morgan fingerprint density at radius 3 is 2.52 bits per heavy atom. The Balaban J connectivity index is 1.72. The molecule has 2 atom stereocenters. The Kier molecular flexibility index (Phi) is 3.23. The maximum absolute atomic E-state index is 12.2. The lowest BCUT2D eigenvalue weighted by Crippen LogP contribution is -2.27. The van der Waals surface area contributed by atoms with Gasteiger partial charge in [-0.25, -0.2) is 0 Å². The van der Waals surface area contributed by atoms with Gasteiger partial charge in [0.05, 0.1) is 6.42 Å². The molecule has 2 aliphatic carbocycles. The van der Waals surface area contributed by atoms with Crippen molar-refractivity contribution in [2.24, 2.45) is 17.3 Å². The monoisotopic (exact) mass is 283 g/mol. The molecule has 1 fully saturated rings. The van der Waals surface area contributed by atoms with Crippen LogP contribution in [-0.2, 0) is 16.0 Å². The molecule has 2 aliphatic rings. The third-order valence-electron chi connectivity index (χ3n) is 4.99. The molecule has 0 radical (unpaired) electrons. The molecule has 0 aromatic heterocycles. The van der Waals surface area contributed by atoms with E-state index in [0.717, 1.165) is 23.3 Å². The molecule has 0 bridgehead atoms. The van der Waals surface area contributed by atoms with Crippen LogP contribution < -0.4 is 5.32 Å². The molecular weight excluding hydrogens is 262 g/mol. The average Bonchev–Trinajstić information content (AvgIpc) is 2.79. The number of hydrogen-bond donors (Lipinski definition) is 1. The molecule has 1 amide bonds. The number of nitrogens with one attached hydrogen (secondary N) is 1. The topological polar surface area (TPSA) is 46.2 Å². The van der Waals surface area contributed by atoms with Crippen molar-refractivity contribution in [1.29, 1.82) is 0 Å². The molecule has 3 rings (SSSR count). The van der Waals surface area contributed by atoms with Crippen molar-refractivity contribution in [1.82, 2.24) is 5.32 Å². The van der Waals surface area contributed by atoms with E-state index in [1.54, 1.807) is 6.92 Å². The fourth-order valence-corrected chi connectivity index (χ4v) is 3.76. The molecule has 1 N–H and O–H groups in total. The summed E-state index contributed by atoms with van der Waals surface area (Å²) in [5.41, 5.74) is 2.92. The summed E-state index contributed by atoms with van der Waals surface area (Å²) in [6.07, 6.45) is 1.18. The second-order valence-electron chi connectivity index (χ2n) is 6.77. The van der Waals surface area contributed by atoms with Crippen LogP contribution in [0.15, 0.2) is 41.6 Å². The third-order valence-corrected chi connectivity index (χ3v) is 4.99. The van der Waals surface area contributed by atoms with Gasteiger partial charge in [0.15, 0.2) is 5.78 Å². The minimum atomic E-state index is -0.0333. The van der Waals surface area contributed by atoms with E-state index in [0.29, 0.717) is 18.3 Å². The molecule has 0 aliphatic heterocycles. The largest absolute Gasteiger partial charge is 0.329 e. The molecule has 0 unspecified atom stereocenters. The summed E-state index contributed by atoms with van der Waals surface area (Å²) in [6.45, 7) is 6.01. The van der Waals surface area contributed by atoms with Crippen molar-refractivity contribution < 1.29 is 9.59 Å². The summed E-state index contributed by atoms with van der Waals surface area (Å²) < 4.78 is 0. The van der Waals surface area contributed by atoms with Gasteiger partial charge < -0.3 is 5.32 Å². The Morgan fingerprint density at radius 1 is 1.24 bits per heavy atom. The molecule has 0 saturated heterocycles. The van der Waals surface area contributed by atoms with Crippen LogP contribution in [0.1, 0.15) is 32.8 Å². The van der Waals surface area contributed by atoms with Crippen LogP contribution in [0.4, 0.5) is 0 Å². The van der Waals surface area contributed by atoms with Gasteiger partial charge in [-0.3, -0.25) is 9.59 Å². The van der Waals surface area contributed by atoms with Gasteiger partial charge in [-0.05, 0) is 36.2 Å². The maximum Gasteiger partial charge on any atom is 0.228 e. The van der Waals surface area contributed by atoms with Crippen LogP contribution >= 0.6 is 0 Å².